The van der Waals surface area contributed by atoms with E-state index in [0.717, 1.165) is 12.8 Å². The van der Waals surface area contributed by atoms with E-state index in [4.69, 9.17) is 0 Å². The number of aliphatic hydroxyl groups is 2. The number of unbranched alkanes of at least 4 members (excludes halogenated alkanes) is 7. The summed E-state index contributed by atoms with van der Waals surface area (Å²) in [4.78, 5) is 49.8. The monoisotopic (exact) mass is 548 g/mol. The SMILES string of the molecule is CCCCCCCCC/C=C/C=C/C(=O)N[C@H](C(=O)NC1CC(O)CCNC(=O)/C=C/[C@H](C)NC1=O)C(C)O. The number of hydrogen-bond donors (Lipinski definition) is 6. The van der Waals surface area contributed by atoms with Crippen LogP contribution in [0.4, 0.5) is 0 Å². The zero-order valence-corrected chi connectivity index (χ0v) is 23.7. The molecule has 10 nitrogen and oxygen atoms in total. The summed E-state index contributed by atoms with van der Waals surface area (Å²) in [7, 11) is 0. The van der Waals surface area contributed by atoms with Crippen LogP contribution in [0.1, 0.15) is 85.0 Å². The number of carbonyl (C=O) groups is 4. The van der Waals surface area contributed by atoms with E-state index in [1.807, 2.05) is 6.08 Å². The van der Waals surface area contributed by atoms with E-state index in [2.05, 4.69) is 28.2 Å². The molecule has 0 fully saturated rings. The second kappa shape index (κ2) is 20.0. The summed E-state index contributed by atoms with van der Waals surface area (Å²) in [6, 6.07) is -2.92. The van der Waals surface area contributed by atoms with Gasteiger partial charge < -0.3 is 31.5 Å². The van der Waals surface area contributed by atoms with Crippen LogP contribution in [0.25, 0.3) is 0 Å². The van der Waals surface area contributed by atoms with Crippen molar-refractivity contribution in [2.24, 2.45) is 0 Å². The maximum absolute atomic E-state index is 12.9. The molecule has 0 saturated carbocycles. The Kier molecular flexibility index (Phi) is 17.5. The van der Waals surface area contributed by atoms with Crippen molar-refractivity contribution in [1.29, 1.82) is 0 Å². The average Bonchev–Trinajstić information content (AvgIpc) is 2.88. The summed E-state index contributed by atoms with van der Waals surface area (Å²) in [5.74, 6) is -2.20. The van der Waals surface area contributed by atoms with Gasteiger partial charge in [-0.25, -0.2) is 0 Å². The molecule has 0 aromatic rings. The van der Waals surface area contributed by atoms with Crippen LogP contribution in [0.15, 0.2) is 36.5 Å². The number of hydrogen-bond acceptors (Lipinski definition) is 6. The highest BCUT2D eigenvalue weighted by molar-refractivity contribution is 5.95. The first-order valence-electron chi connectivity index (χ1n) is 14.2. The van der Waals surface area contributed by atoms with Crippen molar-refractivity contribution in [2.45, 2.75) is 115 Å². The van der Waals surface area contributed by atoms with E-state index in [0.29, 0.717) is 0 Å². The van der Waals surface area contributed by atoms with Gasteiger partial charge in [-0.05, 0) is 33.1 Å². The molecule has 1 heterocycles. The van der Waals surface area contributed by atoms with E-state index in [-0.39, 0.29) is 25.3 Å². The highest BCUT2D eigenvalue weighted by Crippen LogP contribution is 2.09. The Balaban J connectivity index is 2.64. The molecule has 0 aromatic carbocycles. The van der Waals surface area contributed by atoms with Crippen LogP contribution < -0.4 is 21.3 Å². The fourth-order valence-electron chi connectivity index (χ4n) is 4.05. The summed E-state index contributed by atoms with van der Waals surface area (Å²) >= 11 is 0. The molecule has 0 spiro atoms. The molecule has 0 radical (unpaired) electrons. The molecule has 0 aromatic heterocycles. The standard InChI is InChI=1S/C29H48N4O6/c1-4-5-6-7-8-9-10-11-12-13-14-15-26(37)33-27(22(3)34)29(39)32-24-20-23(35)18-19-30-25(36)17-16-21(2)31-28(24)38/h12-17,21-24,27,34-35H,4-11,18-20H2,1-3H3,(H,30,36)(H,31,38)(H,32,39)(H,33,37)/b13-12+,15-14+,17-16+/t21-,22?,23?,24?,27-/m0/s1. The third-order valence-corrected chi connectivity index (χ3v) is 6.36. The van der Waals surface area contributed by atoms with E-state index in [1.54, 1.807) is 19.1 Å². The third kappa shape index (κ3) is 15.9. The summed E-state index contributed by atoms with van der Waals surface area (Å²) in [5, 5.41) is 30.8. The van der Waals surface area contributed by atoms with Crippen LogP contribution >= 0.6 is 0 Å². The number of nitrogens with one attached hydrogen (secondary N) is 4. The highest BCUT2D eigenvalue weighted by atomic mass is 16.3. The zero-order chi connectivity index (χ0) is 29.0. The van der Waals surface area contributed by atoms with E-state index in [9.17, 15) is 29.4 Å². The van der Waals surface area contributed by atoms with Gasteiger partial charge in [-0.15, -0.1) is 0 Å². The molecule has 4 amide bonds. The van der Waals surface area contributed by atoms with Gasteiger partial charge in [-0.1, -0.05) is 69.8 Å². The summed E-state index contributed by atoms with van der Waals surface area (Å²) in [5.41, 5.74) is 0. The van der Waals surface area contributed by atoms with Gasteiger partial charge in [0.2, 0.25) is 23.6 Å². The predicted molar refractivity (Wildman–Crippen MR) is 151 cm³/mol. The van der Waals surface area contributed by atoms with Crippen LogP contribution in [0.3, 0.4) is 0 Å². The third-order valence-electron chi connectivity index (χ3n) is 6.36. The molecule has 5 atom stereocenters. The highest BCUT2D eigenvalue weighted by Gasteiger charge is 2.31. The molecule has 10 heteroatoms. The first-order chi connectivity index (χ1) is 18.6. The lowest BCUT2D eigenvalue weighted by Gasteiger charge is -2.26. The minimum atomic E-state index is -1.30. The summed E-state index contributed by atoms with van der Waals surface area (Å²) in [6.07, 6.45) is 16.9. The molecule has 3 unspecified atom stereocenters. The quantitative estimate of drug-likeness (QED) is 0.111. The molecule has 1 aliphatic rings. The van der Waals surface area contributed by atoms with Crippen LogP contribution in [0, 0.1) is 0 Å². The molecule has 1 rings (SSSR count). The Morgan fingerprint density at radius 2 is 1.82 bits per heavy atom. The molecular formula is C29H48N4O6. The number of aliphatic hydroxyl groups excluding tert-OH is 2. The normalized spacial score (nSPS) is 23.3. The minimum absolute atomic E-state index is 0.103. The Morgan fingerprint density at radius 1 is 1.13 bits per heavy atom. The van der Waals surface area contributed by atoms with Crippen LogP contribution in [-0.2, 0) is 19.2 Å². The lowest BCUT2D eigenvalue weighted by molar-refractivity contribution is -0.134. The van der Waals surface area contributed by atoms with E-state index in [1.165, 1.54) is 63.7 Å². The fraction of sp³-hybridized carbons (Fsp3) is 0.655. The number of amides is 4. The van der Waals surface area contributed by atoms with Crippen LogP contribution in [0.5, 0.6) is 0 Å². The maximum Gasteiger partial charge on any atom is 0.245 e. The molecule has 1 aliphatic heterocycles. The van der Waals surface area contributed by atoms with Gasteiger partial charge in [0.25, 0.3) is 0 Å². The number of rotatable bonds is 14. The molecule has 0 aliphatic carbocycles. The van der Waals surface area contributed by atoms with Crippen molar-refractivity contribution in [3.05, 3.63) is 36.5 Å². The lowest BCUT2D eigenvalue weighted by Crippen LogP contribution is -2.58. The van der Waals surface area contributed by atoms with Crippen molar-refractivity contribution in [1.82, 2.24) is 21.3 Å². The van der Waals surface area contributed by atoms with Gasteiger partial charge in [0.1, 0.15) is 12.1 Å². The fourth-order valence-corrected chi connectivity index (χ4v) is 4.05. The topological polar surface area (TPSA) is 157 Å². The maximum atomic E-state index is 12.9. The van der Waals surface area contributed by atoms with Gasteiger partial charge >= 0.3 is 0 Å². The largest absolute Gasteiger partial charge is 0.393 e. The average molecular weight is 549 g/mol. The van der Waals surface area contributed by atoms with Gasteiger partial charge in [0, 0.05) is 31.2 Å². The zero-order valence-electron chi connectivity index (χ0n) is 23.7. The van der Waals surface area contributed by atoms with E-state index < -0.39 is 48.1 Å². The first kappa shape index (κ1) is 34.0. The Labute approximate surface area is 232 Å². The van der Waals surface area contributed by atoms with Gasteiger partial charge in [-0.2, -0.15) is 0 Å². The molecular weight excluding hydrogens is 500 g/mol. The smallest absolute Gasteiger partial charge is 0.245 e. The molecule has 39 heavy (non-hydrogen) atoms. The van der Waals surface area contributed by atoms with Crippen molar-refractivity contribution in [3.8, 4) is 0 Å². The second-order valence-corrected chi connectivity index (χ2v) is 10.1. The molecule has 0 bridgehead atoms. The van der Waals surface area contributed by atoms with Crippen molar-refractivity contribution in [3.63, 3.8) is 0 Å². The Bertz CT molecular complexity index is 855. The molecule has 0 saturated heterocycles. The van der Waals surface area contributed by atoms with Crippen molar-refractivity contribution >= 4 is 23.6 Å². The van der Waals surface area contributed by atoms with Crippen LogP contribution in [0.2, 0.25) is 0 Å². The van der Waals surface area contributed by atoms with E-state index >= 15 is 0 Å². The number of allylic oxidation sites excluding steroid dienone is 3. The van der Waals surface area contributed by atoms with Crippen molar-refractivity contribution in [2.75, 3.05) is 6.54 Å². The Hall–Kier alpha value is -2.98. The van der Waals surface area contributed by atoms with Crippen LogP contribution in [-0.4, -0.2) is 70.7 Å². The minimum Gasteiger partial charge on any atom is -0.393 e. The lowest BCUT2D eigenvalue weighted by atomic mass is 10.0. The summed E-state index contributed by atoms with van der Waals surface area (Å²) in [6.45, 7) is 5.43. The first-order valence-corrected chi connectivity index (χ1v) is 14.2. The second-order valence-electron chi connectivity index (χ2n) is 10.1. The Morgan fingerprint density at radius 3 is 2.51 bits per heavy atom. The van der Waals surface area contributed by atoms with Crippen molar-refractivity contribution < 1.29 is 29.4 Å². The summed E-state index contributed by atoms with van der Waals surface area (Å²) < 4.78 is 0. The predicted octanol–water partition coefficient (Wildman–Crippen LogP) is 1.92. The molecule has 6 N–H and O–H groups in total. The van der Waals surface area contributed by atoms with Gasteiger partial charge in [0.05, 0.1) is 12.2 Å². The number of carbonyl (C=O) groups excluding carboxylic acids is 4. The molecule has 220 valence electrons. The van der Waals surface area contributed by atoms with Gasteiger partial charge in [-0.3, -0.25) is 19.2 Å². The van der Waals surface area contributed by atoms with Gasteiger partial charge in [0.15, 0.2) is 0 Å².